The zero-order valence-corrected chi connectivity index (χ0v) is 20.6. The summed E-state index contributed by atoms with van der Waals surface area (Å²) < 4.78 is 33.5. The average molecular weight is 498 g/mol. The van der Waals surface area contributed by atoms with Crippen LogP contribution in [-0.4, -0.2) is 47.2 Å². The molecule has 4 rings (SSSR count). The lowest BCUT2D eigenvalue weighted by Gasteiger charge is -2.32. The van der Waals surface area contributed by atoms with Crippen LogP contribution in [0.1, 0.15) is 60.5 Å². The first-order chi connectivity index (χ1) is 17.5. The third-order valence-electron chi connectivity index (χ3n) is 7.03. The molecule has 6 nitrogen and oxygen atoms in total. The molecule has 0 atom stereocenters. The van der Waals surface area contributed by atoms with Crippen LogP contribution in [0.2, 0.25) is 0 Å². The van der Waals surface area contributed by atoms with Crippen molar-refractivity contribution in [3.05, 3.63) is 81.9 Å². The smallest absolute Gasteiger partial charge is 0.356 e. The molecule has 1 aliphatic heterocycles. The molecule has 1 saturated heterocycles. The lowest BCUT2D eigenvalue weighted by Crippen LogP contribution is -2.33. The van der Waals surface area contributed by atoms with Crippen molar-refractivity contribution in [1.82, 2.24) is 14.5 Å². The largest absolute Gasteiger partial charge is 0.464 e. The van der Waals surface area contributed by atoms with Crippen molar-refractivity contribution < 1.29 is 18.3 Å². The summed E-state index contributed by atoms with van der Waals surface area (Å²) in [6, 6.07) is 14.1. The van der Waals surface area contributed by atoms with Crippen molar-refractivity contribution in [1.29, 1.82) is 0 Å². The third-order valence-corrected chi connectivity index (χ3v) is 7.03. The number of hydrogen-bond donors (Lipinski definition) is 1. The zero-order valence-electron chi connectivity index (χ0n) is 20.6. The number of carbonyl (C=O) groups excluding carboxylic acids is 1. The molecule has 192 valence electrons. The molecule has 0 unspecified atom stereocenters. The van der Waals surface area contributed by atoms with Gasteiger partial charge in [-0.25, -0.2) is 18.4 Å². The van der Waals surface area contributed by atoms with Crippen LogP contribution in [-0.2, 0) is 11.3 Å². The monoisotopic (exact) mass is 497 g/mol. The summed E-state index contributed by atoms with van der Waals surface area (Å²) in [5.41, 5.74) is 1.36. The fourth-order valence-electron chi connectivity index (χ4n) is 5.05. The fraction of sp³-hybridized carbons (Fsp3) is 0.429. The van der Waals surface area contributed by atoms with Gasteiger partial charge in [0.05, 0.1) is 12.8 Å². The number of aromatic amines is 1. The summed E-state index contributed by atoms with van der Waals surface area (Å²) in [7, 11) is 1.21. The van der Waals surface area contributed by atoms with E-state index in [-0.39, 0.29) is 17.0 Å². The number of likely N-dealkylation sites (tertiary alicyclic amines) is 1. The summed E-state index contributed by atoms with van der Waals surface area (Å²) in [6.45, 7) is 3.67. The predicted molar refractivity (Wildman–Crippen MR) is 135 cm³/mol. The number of imidazole rings is 1. The van der Waals surface area contributed by atoms with E-state index in [2.05, 4.69) is 40.2 Å². The number of esters is 1. The van der Waals surface area contributed by atoms with Crippen molar-refractivity contribution in [2.24, 2.45) is 0 Å². The maximum absolute atomic E-state index is 13.9. The van der Waals surface area contributed by atoms with Gasteiger partial charge in [0.1, 0.15) is 0 Å². The highest BCUT2D eigenvalue weighted by Gasteiger charge is 2.23. The van der Waals surface area contributed by atoms with E-state index in [9.17, 15) is 18.4 Å². The lowest BCUT2D eigenvalue weighted by atomic mass is 9.89. The molecule has 1 N–H and O–H groups in total. The first kappa shape index (κ1) is 25.8. The van der Waals surface area contributed by atoms with Gasteiger partial charge in [0.2, 0.25) is 0 Å². The Labute approximate surface area is 209 Å². The molecule has 8 heteroatoms. The van der Waals surface area contributed by atoms with E-state index in [0.29, 0.717) is 12.5 Å². The quantitative estimate of drug-likeness (QED) is 0.303. The molecule has 0 saturated carbocycles. The number of hydrogen-bond acceptors (Lipinski definition) is 4. The van der Waals surface area contributed by atoms with Gasteiger partial charge < -0.3 is 9.64 Å². The Balaban J connectivity index is 1.28. The second-order valence-corrected chi connectivity index (χ2v) is 9.37. The number of nitrogens with one attached hydrogen (secondary N) is 1. The summed E-state index contributed by atoms with van der Waals surface area (Å²) >= 11 is 0. The Morgan fingerprint density at radius 1 is 0.972 bits per heavy atom. The first-order valence-electron chi connectivity index (χ1n) is 12.6. The molecule has 0 spiro atoms. The van der Waals surface area contributed by atoms with Gasteiger partial charge in [0.25, 0.3) is 0 Å². The van der Waals surface area contributed by atoms with Gasteiger partial charge in [-0.15, -0.1) is 0 Å². The number of rotatable bonds is 10. The zero-order chi connectivity index (χ0) is 25.5. The van der Waals surface area contributed by atoms with Crippen molar-refractivity contribution >= 4 is 5.97 Å². The van der Waals surface area contributed by atoms with E-state index in [1.807, 2.05) is 0 Å². The number of methoxy groups -OCH3 is 1. The maximum atomic E-state index is 13.9. The highest BCUT2D eigenvalue weighted by atomic mass is 19.2. The Hall–Kier alpha value is -3.26. The molecule has 36 heavy (non-hydrogen) atoms. The van der Waals surface area contributed by atoms with E-state index in [0.717, 1.165) is 57.5 Å². The molecule has 0 amide bonds. The van der Waals surface area contributed by atoms with Crippen LogP contribution in [0.15, 0.2) is 53.3 Å². The second kappa shape index (κ2) is 12.1. The fourth-order valence-corrected chi connectivity index (χ4v) is 5.05. The molecule has 0 aliphatic carbocycles. The number of aromatic nitrogens is 2. The number of ether oxygens (including phenoxy) is 1. The normalized spacial score (nSPS) is 14.8. The number of unbranched alkanes of at least 4 members (excludes halogenated alkanes) is 3. The standard InChI is InChI=1S/C28H33F2N3O3/c1-36-27(34)25-26(22-11-12-23(29)24(30)19-22)33(28(35)31-25)16-8-3-2-7-15-32-17-13-21(14-18-32)20-9-5-4-6-10-20/h4-6,9-12,19,21H,2-3,7-8,13-18H2,1H3,(H,31,35). The van der Waals surface area contributed by atoms with Crippen molar-refractivity contribution in [2.75, 3.05) is 26.7 Å². The molecular formula is C28H33F2N3O3. The minimum atomic E-state index is -1.05. The van der Waals surface area contributed by atoms with E-state index in [4.69, 9.17) is 4.74 Å². The Bertz CT molecular complexity index is 1210. The molecule has 0 bridgehead atoms. The maximum Gasteiger partial charge on any atom is 0.356 e. The van der Waals surface area contributed by atoms with Gasteiger partial charge in [-0.2, -0.15) is 0 Å². The van der Waals surface area contributed by atoms with Crippen molar-refractivity contribution in [3.63, 3.8) is 0 Å². The van der Waals surface area contributed by atoms with Gasteiger partial charge in [0.15, 0.2) is 17.3 Å². The molecule has 3 aromatic rings. The van der Waals surface area contributed by atoms with Crippen LogP contribution in [0.5, 0.6) is 0 Å². The molecule has 2 heterocycles. The van der Waals surface area contributed by atoms with Crippen LogP contribution in [0.4, 0.5) is 8.78 Å². The molecule has 0 radical (unpaired) electrons. The lowest BCUT2D eigenvalue weighted by molar-refractivity contribution is 0.0595. The van der Waals surface area contributed by atoms with E-state index in [1.165, 1.54) is 36.1 Å². The number of piperidine rings is 1. The molecule has 1 fully saturated rings. The number of benzene rings is 2. The summed E-state index contributed by atoms with van der Waals surface area (Å²) in [6.07, 6.45) is 6.14. The van der Waals surface area contributed by atoms with Crippen molar-refractivity contribution in [2.45, 2.75) is 51.0 Å². The molecule has 1 aromatic heterocycles. The summed E-state index contributed by atoms with van der Waals surface area (Å²) in [5, 5.41) is 0. The van der Waals surface area contributed by atoms with Crippen LogP contribution in [0.25, 0.3) is 11.3 Å². The molecule has 1 aliphatic rings. The minimum Gasteiger partial charge on any atom is -0.464 e. The summed E-state index contributed by atoms with van der Waals surface area (Å²) in [4.78, 5) is 29.8. The minimum absolute atomic E-state index is 0.0626. The first-order valence-corrected chi connectivity index (χ1v) is 12.6. The Morgan fingerprint density at radius 2 is 1.67 bits per heavy atom. The number of carbonyl (C=O) groups is 1. The van der Waals surface area contributed by atoms with Gasteiger partial charge in [-0.3, -0.25) is 9.55 Å². The highest BCUT2D eigenvalue weighted by Crippen LogP contribution is 2.28. The predicted octanol–water partition coefficient (Wildman–Crippen LogP) is 5.35. The van der Waals surface area contributed by atoms with Crippen LogP contribution in [0.3, 0.4) is 0 Å². The average Bonchev–Trinajstić information content (AvgIpc) is 3.24. The SMILES string of the molecule is COC(=O)c1[nH]c(=O)n(CCCCCCN2CCC(c3ccccc3)CC2)c1-c1ccc(F)c(F)c1. The van der Waals surface area contributed by atoms with Gasteiger partial charge in [-0.1, -0.05) is 43.2 Å². The van der Waals surface area contributed by atoms with E-state index in [1.54, 1.807) is 0 Å². The molecular weight excluding hydrogens is 464 g/mol. The van der Waals surface area contributed by atoms with Gasteiger partial charge >= 0.3 is 11.7 Å². The summed E-state index contributed by atoms with van der Waals surface area (Å²) in [5.74, 6) is -2.12. The number of H-pyrrole nitrogens is 1. The van der Waals surface area contributed by atoms with Crippen LogP contribution >= 0.6 is 0 Å². The Morgan fingerprint density at radius 3 is 2.33 bits per heavy atom. The highest BCUT2D eigenvalue weighted by molar-refractivity contribution is 5.94. The Kier molecular flexibility index (Phi) is 8.70. The number of halogens is 2. The van der Waals surface area contributed by atoms with Crippen LogP contribution < -0.4 is 5.69 Å². The van der Waals surface area contributed by atoms with Gasteiger partial charge in [0, 0.05) is 12.1 Å². The molecule has 2 aromatic carbocycles. The second-order valence-electron chi connectivity index (χ2n) is 9.37. The topological polar surface area (TPSA) is 67.3 Å². The van der Waals surface area contributed by atoms with Crippen molar-refractivity contribution in [3.8, 4) is 11.3 Å². The third kappa shape index (κ3) is 6.10. The van der Waals surface area contributed by atoms with E-state index < -0.39 is 23.3 Å². The van der Waals surface area contributed by atoms with Gasteiger partial charge in [-0.05, 0) is 75.0 Å². The van der Waals surface area contributed by atoms with E-state index >= 15 is 0 Å². The van der Waals surface area contributed by atoms with Crippen LogP contribution in [0, 0.1) is 11.6 Å². The number of nitrogens with zero attached hydrogens (tertiary/aromatic N) is 2.